The molecule has 0 bridgehead atoms. The highest BCUT2D eigenvalue weighted by Crippen LogP contribution is 2.15. The van der Waals surface area contributed by atoms with Gasteiger partial charge in [-0.3, -0.25) is 9.59 Å². The van der Waals surface area contributed by atoms with Gasteiger partial charge in [0.25, 0.3) is 5.91 Å². The molecule has 2 aromatic rings. The van der Waals surface area contributed by atoms with Crippen LogP contribution in [0.15, 0.2) is 53.0 Å². The summed E-state index contributed by atoms with van der Waals surface area (Å²) in [6.45, 7) is 2.86. The predicted octanol–water partition coefficient (Wildman–Crippen LogP) is 3.59. The van der Waals surface area contributed by atoms with E-state index in [1.807, 2.05) is 0 Å². The van der Waals surface area contributed by atoms with Crippen molar-refractivity contribution in [1.82, 2.24) is 0 Å². The van der Waals surface area contributed by atoms with Crippen LogP contribution in [0, 0.1) is 0 Å². The maximum Gasteiger partial charge on any atom is 0.338 e. The lowest BCUT2D eigenvalue weighted by Crippen LogP contribution is -2.30. The number of hydrogen-bond acceptors (Lipinski definition) is 4. The van der Waals surface area contributed by atoms with Crippen LogP contribution >= 0.6 is 15.9 Å². The minimum Gasteiger partial charge on any atom is -0.449 e. The Morgan fingerprint density at radius 1 is 1.00 bits per heavy atom. The number of halogens is 1. The molecule has 2 aromatic carbocycles. The highest BCUT2D eigenvalue weighted by Gasteiger charge is 2.19. The molecule has 2 N–H and O–H groups in total. The van der Waals surface area contributed by atoms with Gasteiger partial charge in [0.05, 0.1) is 5.56 Å². The van der Waals surface area contributed by atoms with Crippen molar-refractivity contribution in [1.29, 1.82) is 0 Å². The first kappa shape index (κ1) is 18.7. The molecule has 7 heteroatoms. The van der Waals surface area contributed by atoms with Gasteiger partial charge in [-0.05, 0) is 49.4 Å². The van der Waals surface area contributed by atoms with Crippen LogP contribution in [0.3, 0.4) is 0 Å². The molecule has 25 heavy (non-hydrogen) atoms. The van der Waals surface area contributed by atoms with Crippen LogP contribution in [0.4, 0.5) is 11.4 Å². The smallest absolute Gasteiger partial charge is 0.338 e. The van der Waals surface area contributed by atoms with Crippen LogP contribution in [0.1, 0.15) is 24.2 Å². The monoisotopic (exact) mass is 404 g/mol. The van der Waals surface area contributed by atoms with E-state index in [4.69, 9.17) is 4.74 Å². The van der Waals surface area contributed by atoms with Crippen LogP contribution in [0.25, 0.3) is 0 Å². The first-order valence-electron chi connectivity index (χ1n) is 7.50. The highest BCUT2D eigenvalue weighted by molar-refractivity contribution is 9.10. The van der Waals surface area contributed by atoms with Gasteiger partial charge >= 0.3 is 5.97 Å². The number of hydrogen-bond donors (Lipinski definition) is 2. The first-order valence-corrected chi connectivity index (χ1v) is 8.29. The second-order valence-corrected chi connectivity index (χ2v) is 6.22. The molecule has 0 aromatic heterocycles. The summed E-state index contributed by atoms with van der Waals surface area (Å²) < 4.78 is 6.07. The number of ether oxygens (including phenoxy) is 1. The van der Waals surface area contributed by atoms with Crippen molar-refractivity contribution in [2.24, 2.45) is 0 Å². The second kappa shape index (κ2) is 8.43. The molecule has 0 aliphatic carbocycles. The predicted molar refractivity (Wildman–Crippen MR) is 98.4 cm³/mol. The molecule has 2 amide bonds. The number of rotatable bonds is 5. The number of carbonyl (C=O) groups excluding carboxylic acids is 3. The summed E-state index contributed by atoms with van der Waals surface area (Å²) in [5, 5.41) is 5.25. The van der Waals surface area contributed by atoms with E-state index in [0.29, 0.717) is 11.4 Å². The molecular weight excluding hydrogens is 388 g/mol. The normalized spacial score (nSPS) is 11.3. The topological polar surface area (TPSA) is 84.5 Å². The number of carbonyl (C=O) groups is 3. The Kier molecular flexibility index (Phi) is 6.30. The minimum absolute atomic E-state index is 0.243. The summed E-state index contributed by atoms with van der Waals surface area (Å²) >= 11 is 3.31. The zero-order valence-corrected chi connectivity index (χ0v) is 15.3. The van der Waals surface area contributed by atoms with Gasteiger partial charge < -0.3 is 15.4 Å². The lowest BCUT2D eigenvalue weighted by atomic mass is 10.2. The first-order chi connectivity index (χ1) is 11.8. The second-order valence-electron chi connectivity index (χ2n) is 5.31. The largest absolute Gasteiger partial charge is 0.449 e. The number of nitrogens with one attached hydrogen (secondary N) is 2. The van der Waals surface area contributed by atoms with Crippen LogP contribution in [-0.2, 0) is 14.3 Å². The lowest BCUT2D eigenvalue weighted by Gasteiger charge is -2.14. The molecular formula is C18H17BrN2O4. The average Bonchev–Trinajstić information content (AvgIpc) is 2.56. The minimum atomic E-state index is -0.972. The Morgan fingerprint density at radius 2 is 1.68 bits per heavy atom. The zero-order valence-electron chi connectivity index (χ0n) is 13.7. The van der Waals surface area contributed by atoms with E-state index >= 15 is 0 Å². The molecule has 0 aliphatic heterocycles. The van der Waals surface area contributed by atoms with E-state index in [0.717, 1.165) is 4.47 Å². The van der Waals surface area contributed by atoms with Crippen molar-refractivity contribution in [3.63, 3.8) is 0 Å². The molecule has 0 saturated heterocycles. The van der Waals surface area contributed by atoms with Crippen LogP contribution < -0.4 is 10.6 Å². The average molecular weight is 405 g/mol. The van der Waals surface area contributed by atoms with Gasteiger partial charge in [-0.2, -0.15) is 0 Å². The maximum absolute atomic E-state index is 12.2. The van der Waals surface area contributed by atoms with Gasteiger partial charge in [-0.15, -0.1) is 0 Å². The van der Waals surface area contributed by atoms with E-state index in [1.165, 1.54) is 19.9 Å². The summed E-state index contributed by atoms with van der Waals surface area (Å²) in [6, 6.07) is 13.4. The number of esters is 1. The molecule has 0 spiro atoms. The summed E-state index contributed by atoms with van der Waals surface area (Å²) in [5.74, 6) is -1.33. The van der Waals surface area contributed by atoms with Crippen molar-refractivity contribution in [2.75, 3.05) is 10.6 Å². The Morgan fingerprint density at radius 3 is 2.32 bits per heavy atom. The van der Waals surface area contributed by atoms with Crippen molar-refractivity contribution in [3.8, 4) is 0 Å². The van der Waals surface area contributed by atoms with Gasteiger partial charge in [0.1, 0.15) is 0 Å². The quantitative estimate of drug-likeness (QED) is 0.745. The van der Waals surface area contributed by atoms with E-state index in [1.54, 1.807) is 42.5 Å². The van der Waals surface area contributed by atoms with Gasteiger partial charge in [-0.25, -0.2) is 4.79 Å². The summed E-state index contributed by atoms with van der Waals surface area (Å²) in [5.41, 5.74) is 1.33. The van der Waals surface area contributed by atoms with Crippen LogP contribution in [0.5, 0.6) is 0 Å². The van der Waals surface area contributed by atoms with E-state index in [9.17, 15) is 14.4 Å². The van der Waals surface area contributed by atoms with Crippen LogP contribution in [-0.4, -0.2) is 23.9 Å². The molecule has 0 radical (unpaired) electrons. The van der Waals surface area contributed by atoms with Crippen molar-refractivity contribution < 1.29 is 19.1 Å². The molecule has 130 valence electrons. The van der Waals surface area contributed by atoms with E-state index in [-0.39, 0.29) is 11.5 Å². The molecule has 0 saturated carbocycles. The molecule has 0 heterocycles. The van der Waals surface area contributed by atoms with E-state index < -0.39 is 18.0 Å². The third-order valence-electron chi connectivity index (χ3n) is 3.18. The van der Waals surface area contributed by atoms with Crippen molar-refractivity contribution in [3.05, 3.63) is 58.6 Å². The number of amides is 2. The molecule has 6 nitrogen and oxygen atoms in total. The third kappa shape index (κ3) is 5.72. The summed E-state index contributed by atoms with van der Waals surface area (Å²) in [4.78, 5) is 35.4. The Hall–Kier alpha value is -2.67. The van der Waals surface area contributed by atoms with Gasteiger partial charge in [0.15, 0.2) is 6.10 Å². The van der Waals surface area contributed by atoms with Crippen LogP contribution in [0.2, 0.25) is 0 Å². The fourth-order valence-electron chi connectivity index (χ4n) is 1.99. The Labute approximate surface area is 153 Å². The molecule has 1 atom stereocenters. The Balaban J connectivity index is 1.98. The highest BCUT2D eigenvalue weighted by atomic mass is 79.9. The maximum atomic E-state index is 12.2. The van der Waals surface area contributed by atoms with Crippen molar-refractivity contribution in [2.45, 2.75) is 20.0 Å². The molecule has 2 rings (SSSR count). The van der Waals surface area contributed by atoms with Gasteiger partial charge in [0.2, 0.25) is 5.91 Å². The number of anilines is 2. The molecule has 0 fully saturated rings. The van der Waals surface area contributed by atoms with E-state index in [2.05, 4.69) is 26.6 Å². The Bertz CT molecular complexity index is 790. The zero-order chi connectivity index (χ0) is 18.4. The number of benzene rings is 2. The molecule has 0 unspecified atom stereocenters. The fraction of sp³-hybridized carbons (Fsp3) is 0.167. The fourth-order valence-corrected chi connectivity index (χ4v) is 2.25. The molecule has 0 aliphatic rings. The van der Waals surface area contributed by atoms with Gasteiger partial charge in [-0.1, -0.05) is 22.0 Å². The standard InChI is InChI=1S/C18H17BrN2O4/c1-11(17(23)21-15-8-6-14(19)7-9-15)25-18(24)13-4-3-5-16(10-13)20-12(2)22/h3-11H,1-2H3,(H,20,22)(H,21,23)/t11-/m0/s1. The summed E-state index contributed by atoms with van der Waals surface area (Å²) in [7, 11) is 0. The van der Waals surface area contributed by atoms with Gasteiger partial charge in [0, 0.05) is 22.8 Å². The van der Waals surface area contributed by atoms with Crippen molar-refractivity contribution >= 4 is 45.1 Å². The summed E-state index contributed by atoms with van der Waals surface area (Å²) in [6.07, 6.45) is -0.972. The lowest BCUT2D eigenvalue weighted by molar-refractivity contribution is -0.123. The third-order valence-corrected chi connectivity index (χ3v) is 3.71. The SMILES string of the molecule is CC(=O)Nc1cccc(C(=O)O[C@@H](C)C(=O)Nc2ccc(Br)cc2)c1.